The third kappa shape index (κ3) is 3.36. The molecule has 2 aromatic rings. The van der Waals surface area contributed by atoms with E-state index in [-0.39, 0.29) is 0 Å². The van der Waals surface area contributed by atoms with Gasteiger partial charge in [-0.05, 0) is 12.1 Å². The molecule has 1 aromatic carbocycles. The molecule has 5 nitrogen and oxygen atoms in total. The molecule has 0 aliphatic carbocycles. The van der Waals surface area contributed by atoms with Crippen molar-refractivity contribution in [2.24, 2.45) is 0 Å². The molecule has 108 valence electrons. The van der Waals surface area contributed by atoms with Gasteiger partial charge in [-0.2, -0.15) is 5.26 Å². The van der Waals surface area contributed by atoms with E-state index in [2.05, 4.69) is 16.4 Å². The Morgan fingerprint density at radius 2 is 2.05 bits per heavy atom. The summed E-state index contributed by atoms with van der Waals surface area (Å²) in [6.07, 6.45) is 1.59. The zero-order valence-electron chi connectivity index (χ0n) is 11.7. The molecule has 6 heteroatoms. The summed E-state index contributed by atoms with van der Waals surface area (Å²) in [5, 5.41) is 12.7. The topological polar surface area (TPSA) is 67.2 Å². The van der Waals surface area contributed by atoms with Gasteiger partial charge in [-0.1, -0.05) is 17.7 Å². The van der Waals surface area contributed by atoms with E-state index in [1.807, 2.05) is 6.07 Å². The fourth-order valence-electron chi connectivity index (χ4n) is 1.87. The fraction of sp³-hybridized carbons (Fsp3) is 0.200. The summed E-state index contributed by atoms with van der Waals surface area (Å²) in [5.41, 5.74) is 1.91. The number of pyridine rings is 1. The number of benzene rings is 1. The Kier molecular flexibility index (Phi) is 4.85. The molecule has 0 radical (unpaired) electrons. The number of ether oxygens (including phenoxy) is 2. The maximum Gasteiger partial charge on any atom is 0.145 e. The molecule has 0 spiro atoms. The monoisotopic (exact) mass is 303 g/mol. The molecule has 0 aliphatic rings. The minimum atomic E-state index is 0.392. The number of halogens is 1. The summed E-state index contributed by atoms with van der Waals surface area (Å²) >= 11 is 6.11. The highest BCUT2D eigenvalue weighted by molar-refractivity contribution is 6.32. The predicted octanol–water partition coefficient (Wildman–Crippen LogP) is 3.24. The number of aromatic nitrogens is 1. The normalized spacial score (nSPS) is 9.81. The molecule has 2 rings (SSSR count). The highest BCUT2D eigenvalue weighted by Crippen LogP contribution is 2.36. The fourth-order valence-corrected chi connectivity index (χ4v) is 2.11. The van der Waals surface area contributed by atoms with Crippen LogP contribution in [0.3, 0.4) is 0 Å². The second-order valence-electron chi connectivity index (χ2n) is 4.16. The van der Waals surface area contributed by atoms with Crippen molar-refractivity contribution in [3.63, 3.8) is 0 Å². The molecule has 21 heavy (non-hydrogen) atoms. The van der Waals surface area contributed by atoms with Crippen LogP contribution in [0, 0.1) is 11.3 Å². The van der Waals surface area contributed by atoms with Gasteiger partial charge in [-0.15, -0.1) is 0 Å². The zero-order chi connectivity index (χ0) is 15.2. The highest BCUT2D eigenvalue weighted by Gasteiger charge is 2.10. The minimum Gasteiger partial charge on any atom is -0.495 e. The van der Waals surface area contributed by atoms with Crippen molar-refractivity contribution in [3.8, 4) is 17.6 Å². The molecule has 0 amide bonds. The Morgan fingerprint density at radius 1 is 1.29 bits per heavy atom. The van der Waals surface area contributed by atoms with E-state index in [0.29, 0.717) is 28.8 Å². The van der Waals surface area contributed by atoms with Crippen LogP contribution < -0.4 is 14.8 Å². The van der Waals surface area contributed by atoms with Gasteiger partial charge in [0, 0.05) is 24.4 Å². The van der Waals surface area contributed by atoms with E-state index < -0.39 is 0 Å². The number of hydrogen-bond acceptors (Lipinski definition) is 5. The van der Waals surface area contributed by atoms with E-state index in [1.165, 1.54) is 0 Å². The first-order valence-corrected chi connectivity index (χ1v) is 6.56. The van der Waals surface area contributed by atoms with Gasteiger partial charge in [0.15, 0.2) is 0 Å². The number of methoxy groups -OCH3 is 2. The van der Waals surface area contributed by atoms with Crippen molar-refractivity contribution < 1.29 is 9.47 Å². The minimum absolute atomic E-state index is 0.392. The van der Waals surface area contributed by atoms with Gasteiger partial charge in [0.05, 0.1) is 24.9 Å². The lowest BCUT2D eigenvalue weighted by Crippen LogP contribution is -2.04. The predicted molar refractivity (Wildman–Crippen MR) is 80.8 cm³/mol. The van der Waals surface area contributed by atoms with Gasteiger partial charge in [-0.25, -0.2) is 4.98 Å². The van der Waals surface area contributed by atoms with Crippen LogP contribution >= 0.6 is 11.6 Å². The van der Waals surface area contributed by atoms with E-state index in [9.17, 15) is 0 Å². The summed E-state index contributed by atoms with van der Waals surface area (Å²) in [6, 6.07) is 9.12. The molecule has 0 bridgehead atoms. The summed E-state index contributed by atoms with van der Waals surface area (Å²) in [7, 11) is 3.11. The van der Waals surface area contributed by atoms with Crippen LogP contribution in [0.15, 0.2) is 30.5 Å². The number of nitriles is 1. The van der Waals surface area contributed by atoms with E-state index in [4.69, 9.17) is 26.3 Å². The van der Waals surface area contributed by atoms with E-state index in [0.717, 1.165) is 11.3 Å². The average molecular weight is 304 g/mol. The van der Waals surface area contributed by atoms with Crippen LogP contribution in [0.1, 0.15) is 11.3 Å². The molecule has 0 saturated heterocycles. The Morgan fingerprint density at radius 3 is 2.71 bits per heavy atom. The van der Waals surface area contributed by atoms with Crippen LogP contribution in [0.2, 0.25) is 5.02 Å². The highest BCUT2D eigenvalue weighted by atomic mass is 35.5. The van der Waals surface area contributed by atoms with E-state index in [1.54, 1.807) is 38.6 Å². The smallest absolute Gasteiger partial charge is 0.145 e. The van der Waals surface area contributed by atoms with Crippen molar-refractivity contribution >= 4 is 17.3 Å². The zero-order valence-corrected chi connectivity index (χ0v) is 12.4. The van der Waals surface area contributed by atoms with Crippen LogP contribution in [-0.4, -0.2) is 19.2 Å². The van der Waals surface area contributed by atoms with Crippen molar-refractivity contribution in [1.29, 1.82) is 5.26 Å². The SMILES string of the molecule is COc1cc(OC)c(NCc2cccnc2C#N)cc1Cl. The van der Waals surface area contributed by atoms with Gasteiger partial charge in [0.25, 0.3) is 0 Å². The first-order valence-electron chi connectivity index (χ1n) is 6.19. The van der Waals surface area contributed by atoms with Crippen molar-refractivity contribution in [2.45, 2.75) is 6.54 Å². The van der Waals surface area contributed by atoms with Crippen LogP contribution in [-0.2, 0) is 6.54 Å². The number of nitrogens with one attached hydrogen (secondary N) is 1. The molecule has 0 fully saturated rings. The number of hydrogen-bond donors (Lipinski definition) is 1. The molecule has 0 unspecified atom stereocenters. The summed E-state index contributed by atoms with van der Waals surface area (Å²) in [6.45, 7) is 0.440. The molecule has 1 heterocycles. The van der Waals surface area contributed by atoms with Gasteiger partial charge in [0.1, 0.15) is 23.3 Å². The summed E-state index contributed by atoms with van der Waals surface area (Å²) in [4.78, 5) is 4.02. The first-order chi connectivity index (χ1) is 10.2. The maximum atomic E-state index is 9.03. The molecule has 0 saturated carbocycles. The van der Waals surface area contributed by atoms with Crippen molar-refractivity contribution in [2.75, 3.05) is 19.5 Å². The van der Waals surface area contributed by atoms with Crippen LogP contribution in [0.4, 0.5) is 5.69 Å². The number of nitrogens with zero attached hydrogens (tertiary/aromatic N) is 2. The Bertz CT molecular complexity index is 683. The van der Waals surface area contributed by atoms with Crippen LogP contribution in [0.5, 0.6) is 11.5 Å². The maximum absolute atomic E-state index is 9.03. The third-order valence-electron chi connectivity index (χ3n) is 2.94. The molecule has 1 aromatic heterocycles. The van der Waals surface area contributed by atoms with Crippen LogP contribution in [0.25, 0.3) is 0 Å². The molecule has 0 atom stereocenters. The van der Waals surface area contributed by atoms with E-state index >= 15 is 0 Å². The average Bonchev–Trinajstić information content (AvgIpc) is 2.53. The summed E-state index contributed by atoms with van der Waals surface area (Å²) in [5.74, 6) is 1.15. The largest absolute Gasteiger partial charge is 0.495 e. The molecule has 1 N–H and O–H groups in total. The van der Waals surface area contributed by atoms with Crippen molar-refractivity contribution in [3.05, 3.63) is 46.7 Å². The third-order valence-corrected chi connectivity index (χ3v) is 3.24. The van der Waals surface area contributed by atoms with Gasteiger partial charge < -0.3 is 14.8 Å². The lowest BCUT2D eigenvalue weighted by atomic mass is 10.2. The molecular weight excluding hydrogens is 290 g/mol. The first kappa shape index (κ1) is 14.9. The Labute approximate surface area is 128 Å². The molecular formula is C15H14ClN3O2. The Balaban J connectivity index is 2.24. The Hall–Kier alpha value is -2.45. The van der Waals surface area contributed by atoms with Gasteiger partial charge in [-0.3, -0.25) is 0 Å². The van der Waals surface area contributed by atoms with Gasteiger partial charge in [0.2, 0.25) is 0 Å². The van der Waals surface area contributed by atoms with Gasteiger partial charge >= 0.3 is 0 Å². The molecule has 0 aliphatic heterocycles. The standard InChI is InChI=1S/C15H14ClN3O2/c1-20-14-7-15(21-2)12(6-11(14)16)19-9-10-4-3-5-18-13(10)8-17/h3-7,19H,9H2,1-2H3. The second-order valence-corrected chi connectivity index (χ2v) is 4.57. The number of anilines is 1. The lowest BCUT2D eigenvalue weighted by Gasteiger charge is -2.14. The quantitative estimate of drug-likeness (QED) is 0.918. The lowest BCUT2D eigenvalue weighted by molar-refractivity contribution is 0.395. The second kappa shape index (κ2) is 6.82. The summed E-state index contributed by atoms with van der Waals surface area (Å²) < 4.78 is 10.5. The number of rotatable bonds is 5. The van der Waals surface area contributed by atoms with Crippen molar-refractivity contribution in [1.82, 2.24) is 4.98 Å².